The van der Waals surface area contributed by atoms with Gasteiger partial charge in [0.25, 0.3) is 5.56 Å². The molecule has 2 N–H and O–H groups in total. The highest BCUT2D eigenvalue weighted by atomic mass is 16.5. The SMILES string of the molecule is Cc1nc2ccccn2c1CNCc1cc(=O)[nH]c(N2CCOCC2)n1. The van der Waals surface area contributed by atoms with E-state index in [-0.39, 0.29) is 5.56 Å². The molecule has 26 heavy (non-hydrogen) atoms. The molecular formula is C18H22N6O2. The van der Waals surface area contributed by atoms with Crippen LogP contribution in [0, 0.1) is 6.92 Å². The van der Waals surface area contributed by atoms with Crippen LogP contribution in [0.4, 0.5) is 5.95 Å². The van der Waals surface area contributed by atoms with Gasteiger partial charge in [-0.3, -0.25) is 9.78 Å². The second-order valence-electron chi connectivity index (χ2n) is 6.34. The summed E-state index contributed by atoms with van der Waals surface area (Å²) in [6.45, 7) is 5.95. The molecule has 0 bridgehead atoms. The summed E-state index contributed by atoms with van der Waals surface area (Å²) >= 11 is 0. The molecule has 4 rings (SSSR count). The number of ether oxygens (including phenoxy) is 1. The van der Waals surface area contributed by atoms with Gasteiger partial charge in [0.2, 0.25) is 5.95 Å². The third-order valence-corrected chi connectivity index (χ3v) is 4.52. The number of hydrogen-bond acceptors (Lipinski definition) is 6. The van der Waals surface area contributed by atoms with E-state index in [4.69, 9.17) is 4.74 Å². The number of hydrogen-bond donors (Lipinski definition) is 2. The first-order valence-electron chi connectivity index (χ1n) is 8.77. The number of morpholine rings is 1. The van der Waals surface area contributed by atoms with Crippen molar-refractivity contribution in [2.75, 3.05) is 31.2 Å². The lowest BCUT2D eigenvalue weighted by atomic mass is 10.3. The Balaban J connectivity index is 1.46. The van der Waals surface area contributed by atoms with Crippen LogP contribution in [-0.4, -0.2) is 45.7 Å². The van der Waals surface area contributed by atoms with Crippen molar-refractivity contribution in [1.82, 2.24) is 24.7 Å². The average Bonchev–Trinajstić information content (AvgIpc) is 2.98. The molecule has 1 aliphatic rings. The zero-order chi connectivity index (χ0) is 17.9. The fraction of sp³-hybridized carbons (Fsp3) is 0.389. The normalized spacial score (nSPS) is 14.9. The Hall–Kier alpha value is -2.71. The first kappa shape index (κ1) is 16.7. The Labute approximate surface area is 150 Å². The number of nitrogens with zero attached hydrogens (tertiary/aromatic N) is 4. The lowest BCUT2D eigenvalue weighted by Crippen LogP contribution is -2.38. The molecule has 1 fully saturated rings. The number of pyridine rings is 1. The van der Waals surface area contributed by atoms with Crippen molar-refractivity contribution in [3.63, 3.8) is 0 Å². The quantitative estimate of drug-likeness (QED) is 0.706. The van der Waals surface area contributed by atoms with Crippen LogP contribution in [-0.2, 0) is 17.8 Å². The molecule has 8 heteroatoms. The smallest absolute Gasteiger partial charge is 0.252 e. The third kappa shape index (κ3) is 3.47. The number of aromatic amines is 1. The van der Waals surface area contributed by atoms with Gasteiger partial charge in [0.05, 0.1) is 30.3 Å². The van der Waals surface area contributed by atoms with Crippen molar-refractivity contribution < 1.29 is 4.74 Å². The Bertz CT molecular complexity index is 958. The number of rotatable bonds is 5. The van der Waals surface area contributed by atoms with Crippen molar-refractivity contribution in [2.24, 2.45) is 0 Å². The molecule has 0 aromatic carbocycles. The van der Waals surface area contributed by atoms with E-state index >= 15 is 0 Å². The van der Waals surface area contributed by atoms with Crippen LogP contribution in [0.15, 0.2) is 35.3 Å². The van der Waals surface area contributed by atoms with Gasteiger partial charge in [-0.05, 0) is 19.1 Å². The molecule has 0 amide bonds. The molecule has 4 heterocycles. The number of nitrogens with one attached hydrogen (secondary N) is 2. The standard InChI is InChI=1S/C18H22N6O2/c1-13-15(24-5-3-2-4-16(24)20-13)12-19-11-14-10-17(25)22-18(21-14)23-6-8-26-9-7-23/h2-5,10,19H,6-9,11-12H2,1H3,(H,21,22,25). The number of anilines is 1. The minimum Gasteiger partial charge on any atom is -0.378 e. The summed E-state index contributed by atoms with van der Waals surface area (Å²) in [7, 11) is 0. The van der Waals surface area contributed by atoms with Crippen LogP contribution in [0.2, 0.25) is 0 Å². The lowest BCUT2D eigenvalue weighted by molar-refractivity contribution is 0.122. The number of aryl methyl sites for hydroxylation is 1. The molecule has 0 spiro atoms. The predicted octanol–water partition coefficient (Wildman–Crippen LogP) is 0.852. The molecule has 0 aliphatic carbocycles. The number of fused-ring (bicyclic) bond motifs is 1. The van der Waals surface area contributed by atoms with Gasteiger partial charge in [0, 0.05) is 38.4 Å². The molecule has 136 valence electrons. The summed E-state index contributed by atoms with van der Waals surface area (Å²) < 4.78 is 7.43. The zero-order valence-electron chi connectivity index (χ0n) is 14.7. The van der Waals surface area contributed by atoms with Crippen molar-refractivity contribution in [2.45, 2.75) is 20.0 Å². The number of imidazole rings is 1. The highest BCUT2D eigenvalue weighted by Gasteiger charge is 2.14. The highest BCUT2D eigenvalue weighted by molar-refractivity contribution is 5.42. The van der Waals surface area contributed by atoms with E-state index in [2.05, 4.69) is 24.7 Å². The van der Waals surface area contributed by atoms with Gasteiger partial charge in [0.1, 0.15) is 5.65 Å². The van der Waals surface area contributed by atoms with E-state index in [9.17, 15) is 4.79 Å². The summed E-state index contributed by atoms with van der Waals surface area (Å²) in [6, 6.07) is 7.50. The molecule has 0 unspecified atom stereocenters. The molecular weight excluding hydrogens is 332 g/mol. The lowest BCUT2D eigenvalue weighted by Gasteiger charge is -2.27. The van der Waals surface area contributed by atoms with E-state index in [1.807, 2.05) is 36.2 Å². The summed E-state index contributed by atoms with van der Waals surface area (Å²) in [6.07, 6.45) is 2.01. The van der Waals surface area contributed by atoms with E-state index in [1.165, 1.54) is 6.07 Å². The average molecular weight is 354 g/mol. The fourth-order valence-corrected chi connectivity index (χ4v) is 3.20. The molecule has 3 aromatic rings. The van der Waals surface area contributed by atoms with Gasteiger partial charge >= 0.3 is 0 Å². The Morgan fingerprint density at radius 1 is 1.23 bits per heavy atom. The van der Waals surface area contributed by atoms with Gasteiger partial charge in [-0.15, -0.1) is 0 Å². The maximum Gasteiger partial charge on any atom is 0.252 e. The van der Waals surface area contributed by atoms with Crippen molar-refractivity contribution >= 4 is 11.6 Å². The molecule has 0 saturated carbocycles. The monoisotopic (exact) mass is 354 g/mol. The third-order valence-electron chi connectivity index (χ3n) is 4.52. The molecule has 3 aromatic heterocycles. The van der Waals surface area contributed by atoms with Crippen LogP contribution in [0.3, 0.4) is 0 Å². The Morgan fingerprint density at radius 3 is 2.92 bits per heavy atom. The van der Waals surface area contributed by atoms with Crippen LogP contribution in [0.1, 0.15) is 17.1 Å². The second-order valence-corrected chi connectivity index (χ2v) is 6.34. The molecule has 8 nitrogen and oxygen atoms in total. The Kier molecular flexibility index (Phi) is 4.68. The van der Waals surface area contributed by atoms with Gasteiger partial charge in [0.15, 0.2) is 0 Å². The van der Waals surface area contributed by atoms with E-state index in [1.54, 1.807) is 0 Å². The summed E-state index contributed by atoms with van der Waals surface area (Å²) in [5.74, 6) is 0.614. The number of aromatic nitrogens is 4. The molecule has 1 saturated heterocycles. The first-order chi connectivity index (χ1) is 12.7. The molecule has 0 radical (unpaired) electrons. The fourth-order valence-electron chi connectivity index (χ4n) is 3.20. The van der Waals surface area contributed by atoms with Gasteiger partial charge in [-0.1, -0.05) is 6.07 Å². The largest absolute Gasteiger partial charge is 0.378 e. The second kappa shape index (κ2) is 7.27. The zero-order valence-corrected chi connectivity index (χ0v) is 14.7. The summed E-state index contributed by atoms with van der Waals surface area (Å²) in [5.41, 5.74) is 3.63. The minimum atomic E-state index is -0.135. The van der Waals surface area contributed by atoms with Crippen molar-refractivity contribution in [3.05, 3.63) is 57.9 Å². The van der Waals surface area contributed by atoms with Gasteiger partial charge < -0.3 is 19.4 Å². The minimum absolute atomic E-state index is 0.135. The van der Waals surface area contributed by atoms with Crippen LogP contribution >= 0.6 is 0 Å². The maximum absolute atomic E-state index is 12.0. The predicted molar refractivity (Wildman–Crippen MR) is 98.4 cm³/mol. The van der Waals surface area contributed by atoms with Crippen molar-refractivity contribution in [1.29, 1.82) is 0 Å². The van der Waals surface area contributed by atoms with Crippen LogP contribution < -0.4 is 15.8 Å². The van der Waals surface area contributed by atoms with Crippen molar-refractivity contribution in [3.8, 4) is 0 Å². The van der Waals surface area contributed by atoms with E-state index in [0.717, 1.165) is 35.8 Å². The summed E-state index contributed by atoms with van der Waals surface area (Å²) in [5, 5.41) is 3.38. The van der Waals surface area contributed by atoms with Crippen LogP contribution in [0.5, 0.6) is 0 Å². The molecule has 1 aliphatic heterocycles. The molecule has 0 atom stereocenters. The Morgan fingerprint density at radius 2 is 2.08 bits per heavy atom. The summed E-state index contributed by atoms with van der Waals surface area (Å²) in [4.78, 5) is 26.0. The number of H-pyrrole nitrogens is 1. The highest BCUT2D eigenvalue weighted by Crippen LogP contribution is 2.12. The van der Waals surface area contributed by atoms with Crippen LogP contribution in [0.25, 0.3) is 5.65 Å². The maximum atomic E-state index is 12.0. The topological polar surface area (TPSA) is 87.5 Å². The van der Waals surface area contributed by atoms with Gasteiger partial charge in [-0.25, -0.2) is 9.97 Å². The van der Waals surface area contributed by atoms with Gasteiger partial charge in [-0.2, -0.15) is 0 Å². The van der Waals surface area contributed by atoms with E-state index in [0.29, 0.717) is 32.3 Å². The first-order valence-corrected chi connectivity index (χ1v) is 8.77. The van der Waals surface area contributed by atoms with E-state index < -0.39 is 0 Å².